The number of carbonyl (C=O) groups is 1. The Labute approximate surface area is 173 Å². The van der Waals surface area contributed by atoms with Gasteiger partial charge >= 0.3 is 15.5 Å². The number of sulfonamides is 1. The molecule has 1 amide bonds. The second-order valence-corrected chi connectivity index (χ2v) is 8.26. The molecule has 0 aromatic rings. The first-order chi connectivity index (χ1) is 12.1. The molecule has 158 valence electrons. The van der Waals surface area contributed by atoms with E-state index in [1.165, 1.54) is 0 Å². The third-order valence-electron chi connectivity index (χ3n) is 4.32. The number of carbonyl (C=O) groups excluding carboxylic acids is 1. The van der Waals surface area contributed by atoms with Crippen molar-refractivity contribution in [2.75, 3.05) is 33.2 Å². The number of piperidine rings is 1. The van der Waals surface area contributed by atoms with E-state index in [9.17, 15) is 26.4 Å². The number of hydrogen-bond acceptors (Lipinski definition) is 4. The largest absolute Gasteiger partial charge is 0.511 e. The van der Waals surface area contributed by atoms with E-state index in [0.29, 0.717) is 23.4 Å². The predicted octanol–water partition coefficient (Wildman–Crippen LogP) is 0.610. The van der Waals surface area contributed by atoms with Gasteiger partial charge in [0.2, 0.25) is 5.91 Å². The van der Waals surface area contributed by atoms with Gasteiger partial charge in [-0.2, -0.15) is 17.5 Å². The van der Waals surface area contributed by atoms with Crippen LogP contribution in [-0.2, 0) is 14.8 Å². The molecule has 0 aromatic carbocycles. The van der Waals surface area contributed by atoms with E-state index < -0.39 is 15.5 Å². The number of nitrogens with one attached hydrogen (secondary N) is 3. The average Bonchev–Trinajstić information content (AvgIpc) is 3.42. The molecule has 1 aliphatic carbocycles. The fourth-order valence-corrected chi connectivity index (χ4v) is 3.62. The Hall–Kier alpha value is -0.830. The number of amides is 1. The highest BCUT2D eigenvalue weighted by molar-refractivity contribution is 14.0. The summed E-state index contributed by atoms with van der Waals surface area (Å²) in [7, 11) is -3.71. The van der Waals surface area contributed by atoms with Gasteiger partial charge in [0, 0.05) is 45.2 Å². The van der Waals surface area contributed by atoms with Gasteiger partial charge in [0.25, 0.3) is 0 Å². The van der Waals surface area contributed by atoms with Crippen LogP contribution in [0.4, 0.5) is 13.2 Å². The number of guanidine groups is 1. The molecule has 1 saturated carbocycles. The van der Waals surface area contributed by atoms with Gasteiger partial charge in [-0.15, -0.1) is 24.0 Å². The molecular weight excluding hydrogens is 502 g/mol. The lowest BCUT2D eigenvalue weighted by atomic mass is 10.1. The number of alkyl halides is 3. The van der Waals surface area contributed by atoms with Crippen molar-refractivity contribution in [3.8, 4) is 0 Å². The van der Waals surface area contributed by atoms with Crippen LogP contribution in [0.15, 0.2) is 4.99 Å². The molecule has 1 aliphatic heterocycles. The number of nitrogens with zero attached hydrogens (tertiary/aromatic N) is 2. The molecular formula is C14H25F3IN5O3S. The summed E-state index contributed by atoms with van der Waals surface area (Å²) in [5.74, 6) is 0.654. The van der Waals surface area contributed by atoms with Gasteiger partial charge < -0.3 is 16.0 Å². The summed E-state index contributed by atoms with van der Waals surface area (Å²) in [6.07, 6.45) is 2.36. The molecule has 2 fully saturated rings. The quantitative estimate of drug-likeness (QED) is 0.204. The van der Waals surface area contributed by atoms with Crippen LogP contribution < -0.4 is 16.0 Å². The van der Waals surface area contributed by atoms with Gasteiger partial charge in [-0.25, -0.2) is 8.42 Å². The summed E-state index contributed by atoms with van der Waals surface area (Å²) in [6.45, 7) is 0.500. The summed E-state index contributed by atoms with van der Waals surface area (Å²) in [5, 5.41) is 8.87. The van der Waals surface area contributed by atoms with Crippen LogP contribution >= 0.6 is 24.0 Å². The van der Waals surface area contributed by atoms with Crippen LogP contribution in [0, 0.1) is 5.92 Å². The van der Waals surface area contributed by atoms with Gasteiger partial charge in [0.1, 0.15) is 0 Å². The topological polar surface area (TPSA) is 103 Å². The van der Waals surface area contributed by atoms with Crippen LogP contribution in [0.1, 0.15) is 25.7 Å². The van der Waals surface area contributed by atoms with Gasteiger partial charge in [0.05, 0.1) is 0 Å². The van der Waals surface area contributed by atoms with Gasteiger partial charge in [-0.1, -0.05) is 0 Å². The van der Waals surface area contributed by atoms with Crippen molar-refractivity contribution < 1.29 is 26.4 Å². The standard InChI is InChI=1S/C14H24F3N5O3S.HI/c1-18-13(20-7-6-19-12(23)10-2-3-10)21-11-4-8-22(9-5-11)26(24,25)14(15,16)17;/h10-11H,2-9H2,1H3,(H,19,23)(H2,18,20,21);1H. The zero-order chi connectivity index (χ0) is 19.4. The lowest BCUT2D eigenvalue weighted by Gasteiger charge is -2.32. The van der Waals surface area contributed by atoms with Crippen molar-refractivity contribution in [3.63, 3.8) is 0 Å². The molecule has 0 aromatic heterocycles. The minimum absolute atomic E-state index is 0. The summed E-state index contributed by atoms with van der Waals surface area (Å²) in [4.78, 5) is 15.5. The first kappa shape index (κ1) is 24.2. The van der Waals surface area contributed by atoms with Crippen LogP contribution in [-0.4, -0.2) is 69.4 Å². The van der Waals surface area contributed by atoms with E-state index in [-0.39, 0.29) is 67.8 Å². The van der Waals surface area contributed by atoms with Crippen LogP contribution in [0.25, 0.3) is 0 Å². The summed E-state index contributed by atoms with van der Waals surface area (Å²) >= 11 is 0. The Bertz CT molecular complexity index is 632. The van der Waals surface area contributed by atoms with E-state index >= 15 is 0 Å². The van der Waals surface area contributed by atoms with Gasteiger partial charge in [-0.3, -0.25) is 9.79 Å². The monoisotopic (exact) mass is 527 g/mol. The Kier molecular flexibility index (Phi) is 9.05. The third kappa shape index (κ3) is 6.93. The molecule has 3 N–H and O–H groups in total. The molecule has 0 atom stereocenters. The molecule has 0 radical (unpaired) electrons. The molecule has 2 aliphatic rings. The minimum Gasteiger partial charge on any atom is -0.355 e. The number of halogens is 4. The maximum absolute atomic E-state index is 12.6. The highest BCUT2D eigenvalue weighted by Gasteiger charge is 2.50. The van der Waals surface area contributed by atoms with Crippen LogP contribution in [0.3, 0.4) is 0 Å². The average molecular weight is 527 g/mol. The van der Waals surface area contributed by atoms with E-state index in [0.717, 1.165) is 12.8 Å². The Morgan fingerprint density at radius 1 is 1.11 bits per heavy atom. The lowest BCUT2D eigenvalue weighted by Crippen LogP contribution is -2.52. The van der Waals surface area contributed by atoms with Crippen LogP contribution in [0.5, 0.6) is 0 Å². The third-order valence-corrected chi connectivity index (χ3v) is 5.95. The summed E-state index contributed by atoms with van der Waals surface area (Å²) < 4.78 is 60.9. The second-order valence-electron chi connectivity index (χ2n) is 6.33. The molecule has 8 nitrogen and oxygen atoms in total. The fraction of sp³-hybridized carbons (Fsp3) is 0.857. The fourth-order valence-electron chi connectivity index (χ4n) is 2.63. The molecule has 1 saturated heterocycles. The van der Waals surface area contributed by atoms with Crippen molar-refractivity contribution in [3.05, 3.63) is 0 Å². The van der Waals surface area contributed by atoms with E-state index in [1.807, 2.05) is 0 Å². The first-order valence-corrected chi connectivity index (χ1v) is 9.90. The Balaban J connectivity index is 0.00000364. The molecule has 13 heteroatoms. The van der Waals surface area contributed by atoms with E-state index in [1.54, 1.807) is 7.05 Å². The van der Waals surface area contributed by atoms with Gasteiger partial charge in [-0.05, 0) is 25.7 Å². The van der Waals surface area contributed by atoms with Crippen molar-refractivity contribution in [1.82, 2.24) is 20.3 Å². The number of aliphatic imine (C=N–C) groups is 1. The summed E-state index contributed by atoms with van der Waals surface area (Å²) in [6, 6.07) is -0.179. The highest BCUT2D eigenvalue weighted by atomic mass is 127. The van der Waals surface area contributed by atoms with Crippen molar-refractivity contribution in [2.24, 2.45) is 10.9 Å². The molecule has 1 heterocycles. The Morgan fingerprint density at radius 2 is 1.67 bits per heavy atom. The highest BCUT2D eigenvalue weighted by Crippen LogP contribution is 2.29. The number of hydrogen-bond donors (Lipinski definition) is 3. The van der Waals surface area contributed by atoms with Crippen molar-refractivity contribution in [2.45, 2.75) is 37.2 Å². The maximum Gasteiger partial charge on any atom is 0.511 e. The van der Waals surface area contributed by atoms with Crippen LogP contribution in [0.2, 0.25) is 0 Å². The molecule has 0 bridgehead atoms. The Morgan fingerprint density at radius 3 is 2.15 bits per heavy atom. The van der Waals surface area contributed by atoms with E-state index in [2.05, 4.69) is 20.9 Å². The van der Waals surface area contributed by atoms with E-state index in [4.69, 9.17) is 0 Å². The van der Waals surface area contributed by atoms with Crippen molar-refractivity contribution in [1.29, 1.82) is 0 Å². The SMILES string of the molecule is CN=C(NCCNC(=O)C1CC1)NC1CCN(S(=O)(=O)C(F)(F)F)CC1.I. The lowest BCUT2D eigenvalue weighted by molar-refractivity contribution is -0.122. The predicted molar refractivity (Wildman–Crippen MR) is 105 cm³/mol. The zero-order valence-electron chi connectivity index (χ0n) is 14.9. The zero-order valence-corrected chi connectivity index (χ0v) is 18.0. The second kappa shape index (κ2) is 10.1. The first-order valence-electron chi connectivity index (χ1n) is 8.46. The minimum atomic E-state index is -5.27. The normalized spacial score (nSPS) is 19.9. The van der Waals surface area contributed by atoms with Crippen molar-refractivity contribution >= 4 is 45.9 Å². The van der Waals surface area contributed by atoms with Gasteiger partial charge in [0.15, 0.2) is 5.96 Å². The molecule has 0 unspecified atom stereocenters. The number of rotatable bonds is 6. The molecule has 2 rings (SSSR count). The maximum atomic E-state index is 12.6. The smallest absolute Gasteiger partial charge is 0.355 e. The molecule has 0 spiro atoms. The molecule has 27 heavy (non-hydrogen) atoms. The summed E-state index contributed by atoms with van der Waals surface area (Å²) in [5.41, 5.74) is -5.27.